The van der Waals surface area contributed by atoms with Crippen molar-refractivity contribution in [1.29, 1.82) is 0 Å². The van der Waals surface area contributed by atoms with Gasteiger partial charge in [0.05, 0.1) is 18.4 Å². The van der Waals surface area contributed by atoms with Crippen LogP contribution in [0.3, 0.4) is 0 Å². The van der Waals surface area contributed by atoms with Gasteiger partial charge in [-0.3, -0.25) is 9.48 Å². The van der Waals surface area contributed by atoms with Gasteiger partial charge in [0.2, 0.25) is 5.91 Å². The third-order valence-electron chi connectivity index (χ3n) is 5.68. The second-order valence-electron chi connectivity index (χ2n) is 7.60. The monoisotopic (exact) mass is 323 g/mol. The minimum Gasteiger partial charge on any atom is -0.323 e. The molecule has 0 aliphatic heterocycles. The molecule has 1 heterocycles. The Labute approximate surface area is 143 Å². The molecular formula is C20H25N3O. The Balaban J connectivity index is 1.32. The van der Waals surface area contributed by atoms with Crippen LogP contribution in [0.2, 0.25) is 0 Å². The number of anilines is 1. The summed E-state index contributed by atoms with van der Waals surface area (Å²) in [5.41, 5.74) is 3.27. The van der Waals surface area contributed by atoms with Crippen LogP contribution < -0.4 is 5.32 Å². The lowest BCUT2D eigenvalue weighted by atomic mass is 9.86. The van der Waals surface area contributed by atoms with Crippen molar-refractivity contribution in [3.63, 3.8) is 0 Å². The summed E-state index contributed by atoms with van der Waals surface area (Å²) in [6, 6.07) is 8.41. The molecule has 0 radical (unpaired) electrons. The zero-order chi connectivity index (χ0) is 16.5. The van der Waals surface area contributed by atoms with E-state index in [4.69, 9.17) is 0 Å². The van der Waals surface area contributed by atoms with Gasteiger partial charge < -0.3 is 5.32 Å². The van der Waals surface area contributed by atoms with Crippen LogP contribution in [0.15, 0.2) is 36.7 Å². The highest BCUT2D eigenvalue weighted by Crippen LogP contribution is 2.49. The number of fused-ring (bicyclic) bond motifs is 2. The van der Waals surface area contributed by atoms with Gasteiger partial charge in [-0.15, -0.1) is 0 Å². The van der Waals surface area contributed by atoms with Crippen LogP contribution in [0.5, 0.6) is 0 Å². The van der Waals surface area contributed by atoms with E-state index in [9.17, 15) is 4.79 Å². The van der Waals surface area contributed by atoms with Gasteiger partial charge in [0.15, 0.2) is 0 Å². The predicted molar refractivity (Wildman–Crippen MR) is 94.7 cm³/mol. The third-order valence-corrected chi connectivity index (χ3v) is 5.68. The average Bonchev–Trinajstić information content (AvgIpc) is 3.24. The smallest absolute Gasteiger partial charge is 0.224 e. The molecule has 1 amide bonds. The number of hydrogen-bond donors (Lipinski definition) is 1. The van der Waals surface area contributed by atoms with E-state index < -0.39 is 0 Å². The molecule has 126 valence electrons. The highest BCUT2D eigenvalue weighted by molar-refractivity contribution is 5.90. The largest absolute Gasteiger partial charge is 0.323 e. The second-order valence-corrected chi connectivity index (χ2v) is 7.60. The summed E-state index contributed by atoms with van der Waals surface area (Å²) < 4.78 is 1.88. The topological polar surface area (TPSA) is 46.9 Å². The molecule has 2 aromatic rings. The molecule has 2 fully saturated rings. The normalized spacial score (nSPS) is 25.1. The van der Waals surface area contributed by atoms with Crippen LogP contribution in [0.4, 0.5) is 5.69 Å². The van der Waals surface area contributed by atoms with E-state index >= 15 is 0 Å². The maximum absolute atomic E-state index is 12.3. The fourth-order valence-electron chi connectivity index (χ4n) is 4.59. The highest BCUT2D eigenvalue weighted by atomic mass is 16.1. The molecule has 1 aromatic carbocycles. The van der Waals surface area contributed by atoms with Gasteiger partial charge >= 0.3 is 0 Å². The van der Waals surface area contributed by atoms with Crippen LogP contribution in [0.1, 0.15) is 43.2 Å². The van der Waals surface area contributed by atoms with Gasteiger partial charge in [-0.25, -0.2) is 0 Å². The Morgan fingerprint density at radius 1 is 1.33 bits per heavy atom. The maximum Gasteiger partial charge on any atom is 0.224 e. The van der Waals surface area contributed by atoms with Gasteiger partial charge in [0, 0.05) is 12.6 Å². The van der Waals surface area contributed by atoms with E-state index in [1.807, 2.05) is 10.9 Å². The Bertz CT molecular complexity index is 736. The zero-order valence-electron chi connectivity index (χ0n) is 14.2. The molecule has 1 aromatic heterocycles. The second kappa shape index (κ2) is 6.42. The molecule has 0 spiro atoms. The minimum absolute atomic E-state index is 0.141. The molecule has 4 nitrogen and oxygen atoms in total. The average molecular weight is 323 g/mol. The van der Waals surface area contributed by atoms with Crippen molar-refractivity contribution < 1.29 is 4.79 Å². The van der Waals surface area contributed by atoms with Crippen LogP contribution in [0, 0.1) is 24.7 Å². The molecule has 2 saturated carbocycles. The Hall–Kier alpha value is -2.10. The van der Waals surface area contributed by atoms with Crippen molar-refractivity contribution in [2.24, 2.45) is 17.8 Å². The zero-order valence-corrected chi connectivity index (χ0v) is 14.2. The Morgan fingerprint density at radius 3 is 3.00 bits per heavy atom. The molecule has 2 bridgehead atoms. The van der Waals surface area contributed by atoms with Crippen molar-refractivity contribution in [2.45, 2.75) is 45.6 Å². The van der Waals surface area contributed by atoms with E-state index in [0.717, 1.165) is 24.1 Å². The van der Waals surface area contributed by atoms with Crippen molar-refractivity contribution >= 4 is 11.6 Å². The summed E-state index contributed by atoms with van der Waals surface area (Å²) in [5, 5.41) is 7.39. The first-order valence-electron chi connectivity index (χ1n) is 9.03. The number of amides is 1. The Morgan fingerprint density at radius 2 is 2.25 bits per heavy atom. The molecule has 3 unspecified atom stereocenters. The fourth-order valence-corrected chi connectivity index (χ4v) is 4.59. The van der Waals surface area contributed by atoms with E-state index in [2.05, 4.69) is 41.6 Å². The molecule has 0 saturated heterocycles. The first-order valence-corrected chi connectivity index (χ1v) is 9.03. The van der Waals surface area contributed by atoms with Crippen molar-refractivity contribution in [1.82, 2.24) is 9.78 Å². The summed E-state index contributed by atoms with van der Waals surface area (Å²) in [5.74, 6) is 2.43. The van der Waals surface area contributed by atoms with Gasteiger partial charge in [-0.05, 0) is 49.5 Å². The van der Waals surface area contributed by atoms with E-state index in [-0.39, 0.29) is 5.91 Å². The number of benzene rings is 1. The van der Waals surface area contributed by atoms with Crippen LogP contribution in [0.25, 0.3) is 0 Å². The highest BCUT2D eigenvalue weighted by Gasteiger charge is 2.40. The lowest BCUT2D eigenvalue weighted by Crippen LogP contribution is -2.20. The van der Waals surface area contributed by atoms with Crippen LogP contribution in [-0.2, 0) is 11.3 Å². The van der Waals surface area contributed by atoms with Gasteiger partial charge in [-0.1, -0.05) is 36.2 Å². The SMILES string of the molecule is Cc1cccc(Cn2cc(NC(=O)CC3CC4CCC3C4)cn2)c1. The predicted octanol–water partition coefficient (Wildman–Crippen LogP) is 4.00. The standard InChI is InChI=1S/C20H25N3O/c1-14-3-2-4-16(7-14)12-23-13-19(11-21-23)22-20(24)10-18-9-15-5-6-17(18)8-15/h2-4,7,11,13,15,17-18H,5-6,8-10,12H2,1H3,(H,22,24). The molecule has 24 heavy (non-hydrogen) atoms. The maximum atomic E-state index is 12.3. The molecule has 4 heteroatoms. The lowest BCUT2D eigenvalue weighted by molar-refractivity contribution is -0.117. The summed E-state index contributed by atoms with van der Waals surface area (Å²) >= 11 is 0. The fraction of sp³-hybridized carbons (Fsp3) is 0.500. The molecule has 3 atom stereocenters. The Kier molecular flexibility index (Phi) is 4.13. The van der Waals surface area contributed by atoms with E-state index in [1.165, 1.54) is 36.8 Å². The number of hydrogen-bond acceptors (Lipinski definition) is 2. The number of carbonyl (C=O) groups is 1. The van der Waals surface area contributed by atoms with Gasteiger partial charge in [0.1, 0.15) is 0 Å². The number of nitrogens with zero attached hydrogens (tertiary/aromatic N) is 2. The third kappa shape index (κ3) is 3.37. The summed E-state index contributed by atoms with van der Waals surface area (Å²) in [6.45, 7) is 2.82. The van der Waals surface area contributed by atoms with Gasteiger partial charge in [0.25, 0.3) is 0 Å². The van der Waals surface area contributed by atoms with Gasteiger partial charge in [-0.2, -0.15) is 5.10 Å². The number of carbonyl (C=O) groups excluding carboxylic acids is 1. The molecule has 2 aliphatic rings. The van der Waals surface area contributed by atoms with Crippen molar-refractivity contribution in [3.05, 3.63) is 47.8 Å². The van der Waals surface area contributed by atoms with E-state index in [1.54, 1.807) is 6.20 Å². The first kappa shape index (κ1) is 15.4. The molecule has 4 rings (SSSR count). The lowest BCUT2D eigenvalue weighted by Gasteiger charge is -2.20. The molecule has 1 N–H and O–H groups in total. The first-order chi connectivity index (χ1) is 11.7. The quantitative estimate of drug-likeness (QED) is 0.904. The summed E-state index contributed by atoms with van der Waals surface area (Å²) in [6.07, 6.45) is 9.66. The van der Waals surface area contributed by atoms with E-state index in [0.29, 0.717) is 12.3 Å². The van der Waals surface area contributed by atoms with Crippen LogP contribution >= 0.6 is 0 Å². The minimum atomic E-state index is 0.141. The number of nitrogens with one attached hydrogen (secondary N) is 1. The molecule has 2 aliphatic carbocycles. The van der Waals surface area contributed by atoms with Crippen molar-refractivity contribution in [2.75, 3.05) is 5.32 Å². The summed E-state index contributed by atoms with van der Waals surface area (Å²) in [4.78, 5) is 12.3. The number of aryl methyl sites for hydroxylation is 1. The van der Waals surface area contributed by atoms with Crippen LogP contribution in [-0.4, -0.2) is 15.7 Å². The number of aromatic nitrogens is 2. The number of rotatable bonds is 5. The summed E-state index contributed by atoms with van der Waals surface area (Å²) in [7, 11) is 0. The van der Waals surface area contributed by atoms with Crippen molar-refractivity contribution in [3.8, 4) is 0 Å². The molecular weight excluding hydrogens is 298 g/mol.